The van der Waals surface area contributed by atoms with E-state index in [-0.39, 0.29) is 35.4 Å². The summed E-state index contributed by atoms with van der Waals surface area (Å²) in [4.78, 5) is 39.8. The van der Waals surface area contributed by atoms with Crippen LogP contribution in [-0.2, 0) is 14.4 Å². The Morgan fingerprint density at radius 3 is 2.23 bits per heavy atom. The molecule has 0 spiro atoms. The van der Waals surface area contributed by atoms with E-state index in [2.05, 4.69) is 5.32 Å². The van der Waals surface area contributed by atoms with Crippen LogP contribution in [0.5, 0.6) is 0 Å². The molecule has 1 aliphatic heterocycles. The SMILES string of the molecule is C[C@H](C(=O)Nc1ccc(-c2cccc(F)c2)cc1)N1C(=O)[C@H]2[C@H]3CC[C@@H](C3)[C@@H]2C1=O. The van der Waals surface area contributed by atoms with Crippen molar-refractivity contribution in [2.24, 2.45) is 23.7 Å². The highest BCUT2D eigenvalue weighted by Gasteiger charge is 2.62. The molecule has 2 bridgehead atoms. The Hall–Kier alpha value is -3.02. The Morgan fingerprint density at radius 2 is 1.63 bits per heavy atom. The van der Waals surface area contributed by atoms with Crippen LogP contribution in [0, 0.1) is 29.5 Å². The van der Waals surface area contributed by atoms with Crippen molar-refractivity contribution in [2.45, 2.75) is 32.2 Å². The topological polar surface area (TPSA) is 66.5 Å². The number of imide groups is 1. The lowest BCUT2D eigenvalue weighted by molar-refractivity contribution is -0.146. The number of nitrogens with one attached hydrogen (secondary N) is 1. The summed E-state index contributed by atoms with van der Waals surface area (Å²) in [5, 5.41) is 2.79. The zero-order valence-electron chi connectivity index (χ0n) is 16.7. The Labute approximate surface area is 174 Å². The fourth-order valence-corrected chi connectivity index (χ4v) is 5.59. The van der Waals surface area contributed by atoms with Gasteiger partial charge in [0.05, 0.1) is 11.8 Å². The number of likely N-dealkylation sites (tertiary alicyclic amines) is 1. The van der Waals surface area contributed by atoms with Crippen LogP contribution < -0.4 is 5.32 Å². The predicted octanol–water partition coefficient (Wildman–Crippen LogP) is 3.85. The second-order valence-corrected chi connectivity index (χ2v) is 8.68. The summed E-state index contributed by atoms with van der Waals surface area (Å²) in [7, 11) is 0. The smallest absolute Gasteiger partial charge is 0.247 e. The Kier molecular flexibility index (Phi) is 4.45. The molecule has 1 N–H and O–H groups in total. The van der Waals surface area contributed by atoms with Gasteiger partial charge < -0.3 is 5.32 Å². The normalized spacial score (nSPS) is 28.0. The first-order chi connectivity index (χ1) is 14.4. The lowest BCUT2D eigenvalue weighted by Gasteiger charge is -2.23. The molecule has 2 aromatic rings. The highest BCUT2D eigenvalue weighted by Crippen LogP contribution is 2.56. The molecule has 6 heteroatoms. The fourth-order valence-electron chi connectivity index (χ4n) is 5.59. The molecule has 5 atom stereocenters. The fraction of sp³-hybridized carbons (Fsp3) is 0.375. The van der Waals surface area contributed by atoms with Gasteiger partial charge in [-0.1, -0.05) is 24.3 Å². The van der Waals surface area contributed by atoms with Gasteiger partial charge in [-0.05, 0) is 73.4 Å². The summed E-state index contributed by atoms with van der Waals surface area (Å²) >= 11 is 0. The van der Waals surface area contributed by atoms with E-state index >= 15 is 0 Å². The molecule has 154 valence electrons. The number of fused-ring (bicyclic) bond motifs is 5. The maximum atomic E-state index is 13.4. The second kappa shape index (κ2) is 7.04. The zero-order valence-corrected chi connectivity index (χ0v) is 16.7. The van der Waals surface area contributed by atoms with Crippen LogP contribution in [0.15, 0.2) is 48.5 Å². The number of rotatable bonds is 4. The Morgan fingerprint density at radius 1 is 1.00 bits per heavy atom. The molecule has 3 fully saturated rings. The number of nitrogens with zero attached hydrogens (tertiary/aromatic N) is 1. The number of anilines is 1. The van der Waals surface area contributed by atoms with Gasteiger partial charge in [0, 0.05) is 5.69 Å². The molecule has 0 radical (unpaired) electrons. The monoisotopic (exact) mass is 406 g/mol. The van der Waals surface area contributed by atoms with E-state index in [0.29, 0.717) is 17.5 Å². The first-order valence-corrected chi connectivity index (χ1v) is 10.5. The van der Waals surface area contributed by atoms with Crippen molar-refractivity contribution < 1.29 is 18.8 Å². The second-order valence-electron chi connectivity index (χ2n) is 8.68. The zero-order chi connectivity index (χ0) is 21.0. The van der Waals surface area contributed by atoms with Crippen molar-refractivity contribution in [1.82, 2.24) is 4.90 Å². The molecule has 5 rings (SSSR count). The number of carbonyl (C=O) groups excluding carboxylic acids is 3. The van der Waals surface area contributed by atoms with E-state index in [1.807, 2.05) is 6.07 Å². The Balaban J connectivity index is 1.29. The third-order valence-electron chi connectivity index (χ3n) is 7.04. The standard InChI is InChI=1S/C24H23FN2O3/c1-13(27-23(29)20-16-5-6-17(11-16)21(20)24(27)30)22(28)26-19-9-7-14(8-10-19)15-3-2-4-18(25)12-15/h2-4,7-10,12-13,16-17,20-21H,5-6,11H2,1H3,(H,26,28)/t13-,16+,17+,20+,21+/m1/s1. The molecule has 0 unspecified atom stereocenters. The third-order valence-corrected chi connectivity index (χ3v) is 7.04. The van der Waals surface area contributed by atoms with Crippen LogP contribution in [0.25, 0.3) is 11.1 Å². The number of amides is 3. The maximum Gasteiger partial charge on any atom is 0.247 e. The lowest BCUT2D eigenvalue weighted by Crippen LogP contribution is -2.46. The van der Waals surface area contributed by atoms with E-state index in [0.717, 1.165) is 30.4 Å². The van der Waals surface area contributed by atoms with Gasteiger partial charge in [-0.15, -0.1) is 0 Å². The molecule has 3 amide bonds. The molecule has 2 aromatic carbocycles. The van der Waals surface area contributed by atoms with E-state index in [1.165, 1.54) is 17.0 Å². The van der Waals surface area contributed by atoms with E-state index in [9.17, 15) is 18.8 Å². The number of carbonyl (C=O) groups is 3. The average Bonchev–Trinajstić information content (AvgIpc) is 3.42. The summed E-state index contributed by atoms with van der Waals surface area (Å²) in [6.45, 7) is 1.61. The number of hydrogen-bond donors (Lipinski definition) is 1. The predicted molar refractivity (Wildman–Crippen MR) is 110 cm³/mol. The molecule has 30 heavy (non-hydrogen) atoms. The maximum absolute atomic E-state index is 13.4. The summed E-state index contributed by atoms with van der Waals surface area (Å²) < 4.78 is 13.4. The van der Waals surface area contributed by atoms with Crippen LogP contribution in [0.3, 0.4) is 0 Å². The molecular weight excluding hydrogens is 383 g/mol. The van der Waals surface area contributed by atoms with E-state index in [1.54, 1.807) is 37.3 Å². The van der Waals surface area contributed by atoms with Crippen molar-refractivity contribution >= 4 is 23.4 Å². The van der Waals surface area contributed by atoms with Crippen molar-refractivity contribution in [1.29, 1.82) is 0 Å². The van der Waals surface area contributed by atoms with Gasteiger partial charge >= 0.3 is 0 Å². The van der Waals surface area contributed by atoms with Crippen molar-refractivity contribution in [3.63, 3.8) is 0 Å². The van der Waals surface area contributed by atoms with Gasteiger partial charge in [0.25, 0.3) is 0 Å². The van der Waals surface area contributed by atoms with Crippen LogP contribution in [0.1, 0.15) is 26.2 Å². The minimum absolute atomic E-state index is 0.179. The number of halogens is 1. The van der Waals surface area contributed by atoms with Gasteiger partial charge in [-0.2, -0.15) is 0 Å². The molecule has 2 saturated carbocycles. The summed E-state index contributed by atoms with van der Waals surface area (Å²) in [5.41, 5.74) is 2.13. The van der Waals surface area contributed by atoms with Gasteiger partial charge in [0.15, 0.2) is 0 Å². The minimum Gasteiger partial charge on any atom is -0.324 e. The van der Waals surface area contributed by atoms with Gasteiger partial charge in [-0.3, -0.25) is 19.3 Å². The number of benzene rings is 2. The summed E-state index contributed by atoms with van der Waals surface area (Å²) in [6.07, 6.45) is 2.99. The number of hydrogen-bond acceptors (Lipinski definition) is 3. The molecule has 5 nitrogen and oxygen atoms in total. The van der Waals surface area contributed by atoms with Crippen molar-refractivity contribution in [3.05, 3.63) is 54.3 Å². The largest absolute Gasteiger partial charge is 0.324 e. The van der Waals surface area contributed by atoms with Crippen LogP contribution in [0.2, 0.25) is 0 Å². The van der Waals surface area contributed by atoms with Crippen LogP contribution in [0.4, 0.5) is 10.1 Å². The molecular formula is C24H23FN2O3. The third kappa shape index (κ3) is 2.93. The lowest BCUT2D eigenvalue weighted by atomic mass is 9.81. The van der Waals surface area contributed by atoms with E-state index in [4.69, 9.17) is 0 Å². The van der Waals surface area contributed by atoms with Gasteiger partial charge in [0.1, 0.15) is 11.9 Å². The highest BCUT2D eigenvalue weighted by molar-refractivity contribution is 6.10. The molecule has 0 aromatic heterocycles. The molecule has 1 saturated heterocycles. The molecule has 1 heterocycles. The average molecular weight is 406 g/mol. The van der Waals surface area contributed by atoms with Gasteiger partial charge in [-0.25, -0.2) is 4.39 Å². The highest BCUT2D eigenvalue weighted by atomic mass is 19.1. The first-order valence-electron chi connectivity index (χ1n) is 10.5. The van der Waals surface area contributed by atoms with Crippen LogP contribution in [-0.4, -0.2) is 28.7 Å². The minimum atomic E-state index is -0.849. The van der Waals surface area contributed by atoms with E-state index < -0.39 is 6.04 Å². The Bertz CT molecular complexity index is 1010. The van der Waals surface area contributed by atoms with Crippen molar-refractivity contribution in [2.75, 3.05) is 5.32 Å². The molecule has 2 aliphatic carbocycles. The summed E-state index contributed by atoms with van der Waals surface area (Å²) in [5.74, 6) is -0.907. The van der Waals surface area contributed by atoms with Gasteiger partial charge in [0.2, 0.25) is 17.7 Å². The molecule has 3 aliphatic rings. The quantitative estimate of drug-likeness (QED) is 0.785. The van der Waals surface area contributed by atoms with Crippen LogP contribution >= 0.6 is 0 Å². The summed E-state index contributed by atoms with van der Waals surface area (Å²) in [6, 6.07) is 12.5. The van der Waals surface area contributed by atoms with Crippen molar-refractivity contribution in [3.8, 4) is 11.1 Å². The first kappa shape index (κ1) is 19.0.